The molecule has 0 aliphatic carbocycles. The minimum absolute atomic E-state index is 0.159. The van der Waals surface area contributed by atoms with E-state index in [1.54, 1.807) is 12.1 Å². The van der Waals surface area contributed by atoms with E-state index in [1.807, 2.05) is 6.07 Å². The van der Waals surface area contributed by atoms with E-state index in [0.717, 1.165) is 25.8 Å². The summed E-state index contributed by atoms with van der Waals surface area (Å²) in [6, 6.07) is 6.45. The summed E-state index contributed by atoms with van der Waals surface area (Å²) in [6.07, 6.45) is 2.02. The number of hydrogen-bond acceptors (Lipinski definition) is 4. The number of carbonyl (C=O) groups excluding carboxylic acids is 1. The highest BCUT2D eigenvalue weighted by Gasteiger charge is 2.23. The molecule has 1 aromatic rings. The van der Waals surface area contributed by atoms with Crippen molar-refractivity contribution < 1.29 is 17.6 Å². The van der Waals surface area contributed by atoms with Gasteiger partial charge in [-0.05, 0) is 24.9 Å². The first-order chi connectivity index (χ1) is 11.8. The van der Waals surface area contributed by atoms with E-state index in [9.17, 15) is 17.6 Å². The van der Waals surface area contributed by atoms with Crippen LogP contribution in [-0.2, 0) is 16.6 Å². The van der Waals surface area contributed by atoms with Gasteiger partial charge in [-0.2, -0.15) is 0 Å². The Labute approximate surface area is 148 Å². The number of urea groups is 1. The Hall–Kier alpha value is -1.71. The van der Waals surface area contributed by atoms with Crippen molar-refractivity contribution in [2.45, 2.75) is 13.0 Å². The molecule has 1 saturated heterocycles. The molecule has 0 unspecified atom stereocenters. The minimum Gasteiger partial charge on any atom is -0.338 e. The van der Waals surface area contributed by atoms with E-state index in [1.165, 1.54) is 6.07 Å². The fraction of sp³-hybridized carbons (Fsp3) is 0.562. The monoisotopic (exact) mass is 372 g/mol. The molecule has 3 N–H and O–H groups in total. The van der Waals surface area contributed by atoms with E-state index < -0.39 is 10.0 Å². The number of amides is 2. The fourth-order valence-electron chi connectivity index (χ4n) is 2.80. The third-order valence-corrected chi connectivity index (χ3v) is 4.78. The molecule has 1 heterocycles. The van der Waals surface area contributed by atoms with Gasteiger partial charge in [0.1, 0.15) is 5.82 Å². The van der Waals surface area contributed by atoms with Gasteiger partial charge in [0.2, 0.25) is 10.0 Å². The zero-order chi connectivity index (χ0) is 18.3. The summed E-state index contributed by atoms with van der Waals surface area (Å²) in [5.41, 5.74) is 0.687. The van der Waals surface area contributed by atoms with Crippen molar-refractivity contribution in [2.75, 3.05) is 39.0 Å². The van der Waals surface area contributed by atoms with E-state index in [4.69, 9.17) is 0 Å². The summed E-state index contributed by atoms with van der Waals surface area (Å²) in [5, 5.41) is 5.39. The molecule has 1 aliphatic heterocycles. The Bertz CT molecular complexity index is 684. The van der Waals surface area contributed by atoms with Crippen molar-refractivity contribution in [3.8, 4) is 0 Å². The number of carbonyl (C=O) groups is 1. The first kappa shape index (κ1) is 19.6. The molecule has 0 radical (unpaired) electrons. The second kappa shape index (κ2) is 9.12. The van der Waals surface area contributed by atoms with Crippen molar-refractivity contribution >= 4 is 16.1 Å². The topological polar surface area (TPSA) is 90.5 Å². The Morgan fingerprint density at radius 2 is 2.04 bits per heavy atom. The number of halogens is 1. The standard InChI is InChI=1S/C16H25FN4O3S/c1-25(23,24)20-8-7-18-16(22)19-10-13-6-9-21(11-13)12-14-4-2-3-5-15(14)17/h2-5,13,20H,6-12H2,1H3,(H2,18,19,22)/t13-/m1/s1. The molecule has 140 valence electrons. The third-order valence-electron chi connectivity index (χ3n) is 4.05. The number of nitrogens with one attached hydrogen (secondary N) is 3. The fourth-order valence-corrected chi connectivity index (χ4v) is 3.28. The first-order valence-corrected chi connectivity index (χ1v) is 10.1. The van der Waals surface area contributed by atoms with Crippen LogP contribution >= 0.6 is 0 Å². The van der Waals surface area contributed by atoms with E-state index in [-0.39, 0.29) is 24.9 Å². The van der Waals surface area contributed by atoms with E-state index in [0.29, 0.717) is 24.6 Å². The van der Waals surface area contributed by atoms with Crippen LogP contribution < -0.4 is 15.4 Å². The molecule has 25 heavy (non-hydrogen) atoms. The van der Waals surface area contributed by atoms with Gasteiger partial charge < -0.3 is 10.6 Å². The van der Waals surface area contributed by atoms with Crippen molar-refractivity contribution in [3.63, 3.8) is 0 Å². The van der Waals surface area contributed by atoms with Crippen LogP contribution in [0.4, 0.5) is 9.18 Å². The first-order valence-electron chi connectivity index (χ1n) is 8.25. The van der Waals surface area contributed by atoms with Gasteiger partial charge in [0.25, 0.3) is 0 Å². The highest BCUT2D eigenvalue weighted by Crippen LogP contribution is 2.19. The highest BCUT2D eigenvalue weighted by molar-refractivity contribution is 7.88. The number of benzene rings is 1. The molecule has 1 fully saturated rings. The molecule has 0 aromatic heterocycles. The predicted octanol–water partition coefficient (Wildman–Crippen LogP) is 0.496. The average molecular weight is 372 g/mol. The van der Waals surface area contributed by atoms with Crippen molar-refractivity contribution in [3.05, 3.63) is 35.6 Å². The lowest BCUT2D eigenvalue weighted by Gasteiger charge is -2.17. The van der Waals surface area contributed by atoms with Crippen LogP contribution in [0, 0.1) is 11.7 Å². The van der Waals surface area contributed by atoms with Crippen molar-refractivity contribution in [2.24, 2.45) is 5.92 Å². The number of rotatable bonds is 8. The summed E-state index contributed by atoms with van der Waals surface area (Å²) in [5.74, 6) is 0.137. The van der Waals surface area contributed by atoms with Crippen LogP contribution in [0.15, 0.2) is 24.3 Å². The summed E-state index contributed by atoms with van der Waals surface area (Å²) < 4.78 is 37.8. The summed E-state index contributed by atoms with van der Waals surface area (Å²) in [6.45, 7) is 3.19. The number of likely N-dealkylation sites (tertiary alicyclic amines) is 1. The average Bonchev–Trinajstić information content (AvgIpc) is 2.98. The Balaban J connectivity index is 1.62. The number of hydrogen-bond donors (Lipinski definition) is 3. The van der Waals surface area contributed by atoms with Crippen molar-refractivity contribution in [1.82, 2.24) is 20.3 Å². The van der Waals surface area contributed by atoms with Crippen LogP contribution in [0.1, 0.15) is 12.0 Å². The van der Waals surface area contributed by atoms with Crippen molar-refractivity contribution in [1.29, 1.82) is 0 Å². The third kappa shape index (κ3) is 7.37. The number of nitrogens with zero attached hydrogens (tertiary/aromatic N) is 1. The zero-order valence-electron chi connectivity index (χ0n) is 14.3. The molecule has 9 heteroatoms. The van der Waals surface area contributed by atoms with Gasteiger partial charge >= 0.3 is 6.03 Å². The summed E-state index contributed by atoms with van der Waals surface area (Å²) in [7, 11) is -3.24. The molecule has 1 atom stereocenters. The lowest BCUT2D eigenvalue weighted by molar-refractivity contribution is 0.238. The lowest BCUT2D eigenvalue weighted by Crippen LogP contribution is -2.42. The molecule has 7 nitrogen and oxygen atoms in total. The minimum atomic E-state index is -3.24. The molecule has 1 aromatic carbocycles. The molecule has 0 spiro atoms. The molecule has 1 aliphatic rings. The summed E-state index contributed by atoms with van der Waals surface area (Å²) in [4.78, 5) is 13.9. The maximum Gasteiger partial charge on any atom is 0.314 e. The molecule has 2 amide bonds. The normalized spacial score (nSPS) is 18.2. The molecular formula is C16H25FN4O3S. The van der Waals surface area contributed by atoms with E-state index >= 15 is 0 Å². The largest absolute Gasteiger partial charge is 0.338 e. The van der Waals surface area contributed by atoms with Gasteiger partial charge in [0, 0.05) is 38.3 Å². The van der Waals surface area contributed by atoms with Gasteiger partial charge in [-0.1, -0.05) is 18.2 Å². The van der Waals surface area contributed by atoms with Crippen LogP contribution in [0.2, 0.25) is 0 Å². The Morgan fingerprint density at radius 3 is 2.76 bits per heavy atom. The molecular weight excluding hydrogens is 347 g/mol. The van der Waals surface area contributed by atoms with Gasteiger partial charge in [-0.15, -0.1) is 0 Å². The summed E-state index contributed by atoms with van der Waals surface area (Å²) >= 11 is 0. The SMILES string of the molecule is CS(=O)(=O)NCCNC(=O)NC[C@H]1CCN(Cc2ccccc2F)C1. The van der Waals surface area contributed by atoms with Gasteiger partial charge in [-0.25, -0.2) is 22.3 Å². The lowest BCUT2D eigenvalue weighted by atomic mass is 10.1. The second-order valence-electron chi connectivity index (χ2n) is 6.28. The Morgan fingerprint density at radius 1 is 1.28 bits per heavy atom. The van der Waals surface area contributed by atoms with Gasteiger partial charge in [0.15, 0.2) is 0 Å². The molecule has 2 rings (SSSR count). The van der Waals surface area contributed by atoms with E-state index in [2.05, 4.69) is 20.3 Å². The van der Waals surface area contributed by atoms with Crippen LogP contribution in [0.3, 0.4) is 0 Å². The van der Waals surface area contributed by atoms with Gasteiger partial charge in [0.05, 0.1) is 6.26 Å². The highest BCUT2D eigenvalue weighted by atomic mass is 32.2. The maximum atomic E-state index is 13.7. The molecule has 0 bridgehead atoms. The van der Waals surface area contributed by atoms with Crippen LogP contribution in [0.5, 0.6) is 0 Å². The zero-order valence-corrected chi connectivity index (χ0v) is 15.1. The Kier molecular flexibility index (Phi) is 7.15. The maximum absolute atomic E-state index is 13.7. The van der Waals surface area contributed by atoms with Crippen LogP contribution in [0.25, 0.3) is 0 Å². The second-order valence-corrected chi connectivity index (χ2v) is 8.12. The molecule has 0 saturated carbocycles. The smallest absolute Gasteiger partial charge is 0.314 e. The number of sulfonamides is 1. The van der Waals surface area contributed by atoms with Crippen LogP contribution in [-0.4, -0.2) is 58.3 Å². The van der Waals surface area contributed by atoms with Gasteiger partial charge in [-0.3, -0.25) is 4.90 Å². The predicted molar refractivity (Wildman–Crippen MR) is 94.0 cm³/mol. The quantitative estimate of drug-likeness (QED) is 0.580.